The van der Waals surface area contributed by atoms with Crippen molar-refractivity contribution in [2.45, 2.75) is 13.5 Å². The van der Waals surface area contributed by atoms with Gasteiger partial charge < -0.3 is 9.84 Å². The molecular weight excluding hydrogens is 363 g/mol. The summed E-state index contributed by atoms with van der Waals surface area (Å²) < 4.78 is 19.8. The number of rotatable bonds is 4. The van der Waals surface area contributed by atoms with E-state index in [2.05, 4.69) is 15.9 Å². The molecule has 6 heteroatoms. The molecule has 0 saturated carbocycles. The normalized spacial score (nSPS) is 10.5. The number of hydrogen-bond acceptors (Lipinski definition) is 2. The van der Waals surface area contributed by atoms with Gasteiger partial charge in [0.2, 0.25) is 0 Å². The topological polar surface area (TPSA) is 46.5 Å². The Morgan fingerprint density at radius 2 is 2.14 bits per heavy atom. The molecule has 2 aromatic carbocycles. The predicted octanol–water partition coefficient (Wildman–Crippen LogP) is 4.83. The zero-order chi connectivity index (χ0) is 15.6. The lowest BCUT2D eigenvalue weighted by molar-refractivity contribution is 0.0691. The maximum atomic E-state index is 13.7. The molecule has 0 aromatic heterocycles. The van der Waals surface area contributed by atoms with E-state index in [9.17, 15) is 14.3 Å². The van der Waals surface area contributed by atoms with E-state index in [1.165, 1.54) is 18.2 Å². The summed E-state index contributed by atoms with van der Waals surface area (Å²) in [6.07, 6.45) is 0. The minimum absolute atomic E-state index is 0.00865. The largest absolute Gasteiger partial charge is 0.488 e. The average molecular weight is 374 g/mol. The summed E-state index contributed by atoms with van der Waals surface area (Å²) in [6.45, 7) is 1.57. The monoisotopic (exact) mass is 372 g/mol. The van der Waals surface area contributed by atoms with Gasteiger partial charge in [0.15, 0.2) is 0 Å². The van der Waals surface area contributed by atoms with Gasteiger partial charge in [0.1, 0.15) is 23.7 Å². The van der Waals surface area contributed by atoms with E-state index in [0.29, 0.717) is 10.0 Å². The van der Waals surface area contributed by atoms with Crippen molar-refractivity contribution in [1.29, 1.82) is 0 Å². The lowest BCUT2D eigenvalue weighted by atomic mass is 10.1. The summed E-state index contributed by atoms with van der Waals surface area (Å²) in [5.74, 6) is -1.41. The quantitative estimate of drug-likeness (QED) is 0.835. The Morgan fingerprint density at radius 1 is 1.43 bits per heavy atom. The summed E-state index contributed by atoms with van der Waals surface area (Å²) in [5, 5.41) is 9.46. The van der Waals surface area contributed by atoms with Gasteiger partial charge in [-0.1, -0.05) is 33.6 Å². The number of aryl methyl sites for hydroxylation is 1. The van der Waals surface area contributed by atoms with Crippen LogP contribution in [0.2, 0.25) is 5.02 Å². The maximum Gasteiger partial charge on any atom is 0.339 e. The van der Waals surface area contributed by atoms with E-state index in [1.807, 2.05) is 0 Å². The summed E-state index contributed by atoms with van der Waals surface area (Å²) in [5.41, 5.74) is 0.835. The zero-order valence-electron chi connectivity index (χ0n) is 11.0. The molecule has 2 rings (SSSR count). The number of aromatic carboxylic acids is 1. The minimum atomic E-state index is -1.12. The second-order valence-corrected chi connectivity index (χ2v) is 5.72. The SMILES string of the molecule is Cc1cc(Br)cc(C(=O)O)c1OCc1c(F)cccc1Cl. The van der Waals surface area contributed by atoms with Crippen molar-refractivity contribution in [3.8, 4) is 5.75 Å². The van der Waals surface area contributed by atoms with Crippen molar-refractivity contribution < 1.29 is 19.0 Å². The third-order valence-corrected chi connectivity index (χ3v) is 3.70. The number of ether oxygens (including phenoxy) is 1. The third-order valence-electron chi connectivity index (χ3n) is 2.89. The van der Waals surface area contributed by atoms with Crippen molar-refractivity contribution in [3.63, 3.8) is 0 Å². The van der Waals surface area contributed by atoms with Crippen molar-refractivity contribution in [2.75, 3.05) is 0 Å². The lowest BCUT2D eigenvalue weighted by Gasteiger charge is -2.14. The predicted molar refractivity (Wildman–Crippen MR) is 81.6 cm³/mol. The van der Waals surface area contributed by atoms with Gasteiger partial charge >= 0.3 is 5.97 Å². The van der Waals surface area contributed by atoms with Gasteiger partial charge in [0, 0.05) is 10.0 Å². The van der Waals surface area contributed by atoms with Crippen LogP contribution in [-0.2, 0) is 6.61 Å². The van der Waals surface area contributed by atoms with Crippen LogP contribution in [0.15, 0.2) is 34.8 Å². The molecule has 0 heterocycles. The zero-order valence-corrected chi connectivity index (χ0v) is 13.3. The molecule has 2 aromatic rings. The molecule has 0 radical (unpaired) electrons. The molecule has 1 N–H and O–H groups in total. The molecular formula is C15H11BrClFO3. The fourth-order valence-corrected chi connectivity index (χ4v) is 2.68. The van der Waals surface area contributed by atoms with Crippen LogP contribution in [0.25, 0.3) is 0 Å². The fourth-order valence-electron chi connectivity index (χ4n) is 1.89. The van der Waals surface area contributed by atoms with Gasteiger partial charge in [0.05, 0.1) is 5.02 Å². The van der Waals surface area contributed by atoms with E-state index < -0.39 is 11.8 Å². The standard InChI is InChI=1S/C15H11BrClFO3/c1-8-5-9(16)6-10(15(19)20)14(8)21-7-11-12(17)3-2-4-13(11)18/h2-6H,7H2,1H3,(H,19,20). The number of halogens is 3. The molecule has 0 aliphatic rings. The summed E-state index contributed by atoms with van der Waals surface area (Å²) >= 11 is 9.15. The second kappa shape index (κ2) is 6.45. The Kier molecular flexibility index (Phi) is 4.85. The molecule has 21 heavy (non-hydrogen) atoms. The Hall–Kier alpha value is -1.59. The molecule has 0 aliphatic carbocycles. The molecule has 110 valence electrons. The Balaban J connectivity index is 2.34. The molecule has 0 bridgehead atoms. The number of carboxylic acids is 1. The smallest absolute Gasteiger partial charge is 0.339 e. The van der Waals surface area contributed by atoms with Crippen LogP contribution in [0, 0.1) is 12.7 Å². The van der Waals surface area contributed by atoms with Crippen LogP contribution < -0.4 is 4.74 Å². The van der Waals surface area contributed by atoms with Crippen molar-refractivity contribution in [2.24, 2.45) is 0 Å². The maximum absolute atomic E-state index is 13.7. The number of hydrogen-bond donors (Lipinski definition) is 1. The highest BCUT2D eigenvalue weighted by molar-refractivity contribution is 9.10. The van der Waals surface area contributed by atoms with Crippen LogP contribution in [0.3, 0.4) is 0 Å². The number of carbonyl (C=O) groups is 1. The molecule has 0 fully saturated rings. The van der Waals surface area contributed by atoms with Crippen molar-refractivity contribution >= 4 is 33.5 Å². The van der Waals surface area contributed by atoms with Crippen LogP contribution in [0.5, 0.6) is 5.75 Å². The van der Waals surface area contributed by atoms with E-state index in [-0.39, 0.29) is 28.5 Å². The van der Waals surface area contributed by atoms with Crippen LogP contribution >= 0.6 is 27.5 Å². The Labute approximate surface area is 134 Å². The Bertz CT molecular complexity index is 683. The van der Waals surface area contributed by atoms with Crippen molar-refractivity contribution in [3.05, 3.63) is 62.3 Å². The highest BCUT2D eigenvalue weighted by atomic mass is 79.9. The van der Waals surface area contributed by atoms with Gasteiger partial charge in [-0.15, -0.1) is 0 Å². The second-order valence-electron chi connectivity index (χ2n) is 4.39. The molecule has 0 aliphatic heterocycles. The first-order valence-corrected chi connectivity index (χ1v) is 7.16. The van der Waals surface area contributed by atoms with Gasteiger partial charge in [-0.25, -0.2) is 9.18 Å². The first-order chi connectivity index (χ1) is 9.90. The molecule has 0 saturated heterocycles. The van der Waals surface area contributed by atoms with Crippen molar-refractivity contribution in [1.82, 2.24) is 0 Å². The van der Waals surface area contributed by atoms with Crippen LogP contribution in [-0.4, -0.2) is 11.1 Å². The summed E-state index contributed by atoms with van der Waals surface area (Å²) in [4.78, 5) is 11.3. The van der Waals surface area contributed by atoms with E-state index in [4.69, 9.17) is 16.3 Å². The van der Waals surface area contributed by atoms with Crippen LogP contribution in [0.4, 0.5) is 4.39 Å². The molecule has 3 nitrogen and oxygen atoms in total. The van der Waals surface area contributed by atoms with Crippen LogP contribution in [0.1, 0.15) is 21.5 Å². The van der Waals surface area contributed by atoms with Gasteiger partial charge in [0.25, 0.3) is 0 Å². The Morgan fingerprint density at radius 3 is 2.76 bits per heavy atom. The summed E-state index contributed by atoms with van der Waals surface area (Å²) in [7, 11) is 0. The molecule has 0 atom stereocenters. The highest BCUT2D eigenvalue weighted by Gasteiger charge is 2.16. The fraction of sp³-hybridized carbons (Fsp3) is 0.133. The average Bonchev–Trinajstić information content (AvgIpc) is 2.39. The van der Waals surface area contributed by atoms with Gasteiger partial charge in [-0.2, -0.15) is 0 Å². The van der Waals surface area contributed by atoms with E-state index >= 15 is 0 Å². The number of benzene rings is 2. The van der Waals surface area contributed by atoms with E-state index in [0.717, 1.165) is 0 Å². The molecule has 0 amide bonds. The summed E-state index contributed by atoms with van der Waals surface area (Å²) in [6, 6.07) is 7.49. The van der Waals surface area contributed by atoms with Gasteiger partial charge in [-0.05, 0) is 36.8 Å². The third kappa shape index (κ3) is 3.54. The number of carboxylic acid groups (broad SMARTS) is 1. The molecule has 0 unspecified atom stereocenters. The van der Waals surface area contributed by atoms with E-state index in [1.54, 1.807) is 19.1 Å². The van der Waals surface area contributed by atoms with Gasteiger partial charge in [-0.3, -0.25) is 0 Å². The lowest BCUT2D eigenvalue weighted by Crippen LogP contribution is -2.06. The molecule has 0 spiro atoms. The minimum Gasteiger partial charge on any atom is -0.488 e. The first-order valence-electron chi connectivity index (χ1n) is 5.99. The highest BCUT2D eigenvalue weighted by Crippen LogP contribution is 2.30. The first kappa shape index (κ1) is 15.8.